The number of aromatic nitrogens is 3. The van der Waals surface area contributed by atoms with Gasteiger partial charge < -0.3 is 19.5 Å². The Hall–Kier alpha value is -2.58. The first-order valence-electron chi connectivity index (χ1n) is 12.7. The van der Waals surface area contributed by atoms with Gasteiger partial charge in [-0.2, -0.15) is 4.98 Å². The predicted molar refractivity (Wildman–Crippen MR) is 121 cm³/mol. The fourth-order valence-corrected chi connectivity index (χ4v) is 4.96. The Labute approximate surface area is 191 Å². The minimum atomic E-state index is -2.44. The van der Waals surface area contributed by atoms with Crippen molar-refractivity contribution in [2.75, 3.05) is 24.7 Å². The number of nitrogens with one attached hydrogen (secondary N) is 1. The largest absolute Gasteiger partial charge is 0.380 e. The Balaban J connectivity index is 1.58. The van der Waals surface area contributed by atoms with Gasteiger partial charge in [0.05, 0.1) is 12.2 Å². The van der Waals surface area contributed by atoms with Crippen LogP contribution in [0.1, 0.15) is 47.2 Å². The molecule has 1 N–H and O–H groups in total. The monoisotopic (exact) mass is 442 g/mol. The number of rotatable bonds is 4. The maximum absolute atomic E-state index is 15.2. The molecule has 2 aliphatic heterocycles. The van der Waals surface area contributed by atoms with E-state index in [1.807, 2.05) is 6.92 Å². The van der Waals surface area contributed by atoms with E-state index in [0.717, 1.165) is 45.1 Å². The van der Waals surface area contributed by atoms with Gasteiger partial charge >= 0.3 is 0 Å². The molecule has 2 aliphatic rings. The van der Waals surface area contributed by atoms with Gasteiger partial charge in [0.1, 0.15) is 17.2 Å². The number of benzene rings is 1. The third kappa shape index (κ3) is 3.86. The van der Waals surface area contributed by atoms with Crippen LogP contribution in [0.4, 0.5) is 10.2 Å². The first-order valence-corrected chi connectivity index (χ1v) is 11.2. The van der Waals surface area contributed by atoms with Crippen LogP contribution in [0.3, 0.4) is 0 Å². The Kier molecular flexibility index (Phi) is 4.71. The van der Waals surface area contributed by atoms with Crippen LogP contribution < -0.4 is 10.2 Å². The lowest BCUT2D eigenvalue weighted by atomic mass is 9.95. The summed E-state index contributed by atoms with van der Waals surface area (Å²) in [7, 11) is 0. The van der Waals surface area contributed by atoms with Crippen LogP contribution >= 0.6 is 0 Å². The standard InChI is InChI=1S/C24H30FN5O2/c1-13-9-19-15(3)21(24-26-16(4)29-32-24)23(28-22(19)20(25)10-13)30-7-5-17(11-14(30)2)27-18-6-8-31-12-18/h9-10,14,17-18,27H,5-8,11-12H2,1-4H3/t14-,17-,18-/m1/s1/i1D3. The fraction of sp³-hybridized carbons (Fsp3) is 0.542. The molecule has 2 saturated heterocycles. The van der Waals surface area contributed by atoms with Crippen LogP contribution in [-0.2, 0) is 4.74 Å². The Morgan fingerprint density at radius 3 is 2.78 bits per heavy atom. The molecule has 3 aromatic rings. The van der Waals surface area contributed by atoms with Gasteiger partial charge in [-0.1, -0.05) is 5.16 Å². The second-order valence-corrected chi connectivity index (χ2v) is 8.93. The number of piperidine rings is 1. The molecule has 1 aromatic carbocycles. The molecular formula is C24H30FN5O2. The van der Waals surface area contributed by atoms with Crippen molar-refractivity contribution in [1.29, 1.82) is 0 Å². The molecule has 4 heterocycles. The van der Waals surface area contributed by atoms with E-state index in [1.54, 1.807) is 6.92 Å². The second-order valence-electron chi connectivity index (χ2n) is 8.93. The van der Waals surface area contributed by atoms with E-state index in [0.29, 0.717) is 46.1 Å². The lowest BCUT2D eigenvalue weighted by Gasteiger charge is -2.40. The summed E-state index contributed by atoms with van der Waals surface area (Å²) >= 11 is 0. The molecule has 32 heavy (non-hydrogen) atoms. The van der Waals surface area contributed by atoms with Crippen molar-refractivity contribution >= 4 is 16.7 Å². The van der Waals surface area contributed by atoms with Gasteiger partial charge in [0, 0.05) is 40.8 Å². The van der Waals surface area contributed by atoms with E-state index in [9.17, 15) is 0 Å². The van der Waals surface area contributed by atoms with Gasteiger partial charge in [-0.15, -0.1) is 0 Å². The molecule has 0 saturated carbocycles. The Morgan fingerprint density at radius 1 is 1.22 bits per heavy atom. The first kappa shape index (κ1) is 17.9. The number of aryl methyl sites for hydroxylation is 3. The first-order chi connectivity index (χ1) is 16.6. The van der Waals surface area contributed by atoms with Gasteiger partial charge in [0.15, 0.2) is 5.82 Å². The number of nitrogens with zero attached hydrogens (tertiary/aromatic N) is 4. The van der Waals surface area contributed by atoms with E-state index in [1.165, 1.54) is 6.07 Å². The van der Waals surface area contributed by atoms with E-state index in [4.69, 9.17) is 18.4 Å². The molecule has 0 radical (unpaired) electrons. The molecule has 0 bridgehead atoms. The summed E-state index contributed by atoms with van der Waals surface area (Å²) in [6, 6.07) is 3.43. The lowest BCUT2D eigenvalue weighted by Crippen LogP contribution is -2.50. The van der Waals surface area contributed by atoms with E-state index in [-0.39, 0.29) is 17.1 Å². The van der Waals surface area contributed by atoms with Crippen molar-refractivity contribution in [3.05, 3.63) is 34.9 Å². The Morgan fingerprint density at radius 2 is 2.09 bits per heavy atom. The molecule has 2 fully saturated rings. The van der Waals surface area contributed by atoms with E-state index in [2.05, 4.69) is 27.3 Å². The van der Waals surface area contributed by atoms with Crippen molar-refractivity contribution in [2.45, 2.75) is 65.0 Å². The lowest BCUT2D eigenvalue weighted by molar-refractivity contribution is 0.185. The number of pyridine rings is 1. The quantitative estimate of drug-likeness (QED) is 0.652. The van der Waals surface area contributed by atoms with E-state index < -0.39 is 12.7 Å². The maximum atomic E-state index is 15.2. The zero-order valence-corrected chi connectivity index (χ0v) is 18.6. The molecule has 5 rings (SSSR count). The Bertz CT molecular complexity index is 1240. The molecule has 170 valence electrons. The molecule has 7 nitrogen and oxygen atoms in total. The third-order valence-corrected chi connectivity index (χ3v) is 6.57. The van der Waals surface area contributed by atoms with Crippen molar-refractivity contribution < 1.29 is 17.8 Å². The molecule has 0 aliphatic carbocycles. The van der Waals surface area contributed by atoms with Crippen LogP contribution in [-0.4, -0.2) is 53.0 Å². The minimum Gasteiger partial charge on any atom is -0.380 e. The summed E-state index contributed by atoms with van der Waals surface area (Å²) in [6.45, 7) is 5.53. The highest BCUT2D eigenvalue weighted by molar-refractivity contribution is 5.93. The highest BCUT2D eigenvalue weighted by Gasteiger charge is 2.32. The number of anilines is 1. The van der Waals surface area contributed by atoms with Crippen LogP contribution in [0.2, 0.25) is 0 Å². The summed E-state index contributed by atoms with van der Waals surface area (Å²) in [4.78, 5) is 11.3. The van der Waals surface area contributed by atoms with Crippen molar-refractivity contribution in [1.82, 2.24) is 20.4 Å². The van der Waals surface area contributed by atoms with Crippen molar-refractivity contribution in [3.63, 3.8) is 0 Å². The van der Waals surface area contributed by atoms with Crippen LogP contribution in [0.25, 0.3) is 22.4 Å². The summed E-state index contributed by atoms with van der Waals surface area (Å²) < 4.78 is 49.5. The van der Waals surface area contributed by atoms with Crippen LogP contribution in [0.5, 0.6) is 0 Å². The van der Waals surface area contributed by atoms with Crippen molar-refractivity contribution in [3.8, 4) is 11.5 Å². The molecule has 0 spiro atoms. The average molecular weight is 443 g/mol. The molecule has 8 heteroatoms. The topological polar surface area (TPSA) is 76.3 Å². The van der Waals surface area contributed by atoms with Crippen molar-refractivity contribution in [2.24, 2.45) is 0 Å². The molecule has 3 atom stereocenters. The van der Waals surface area contributed by atoms with Gasteiger partial charge in [0.2, 0.25) is 0 Å². The molecule has 0 unspecified atom stereocenters. The summed E-state index contributed by atoms with van der Waals surface area (Å²) in [5, 5.41) is 8.09. The number of halogens is 1. The fourth-order valence-electron chi connectivity index (χ4n) is 4.96. The highest BCUT2D eigenvalue weighted by atomic mass is 19.1. The normalized spacial score (nSPS) is 25.7. The SMILES string of the molecule is [2H]C([2H])([2H])c1cc(F)c2nc(N3CC[C@@H](N[C@@H]4CCOC4)C[C@H]3C)c(-c3nc(C)no3)c(C)c2c1. The minimum absolute atomic E-state index is 0.0658. The van der Waals surface area contributed by atoms with Gasteiger partial charge in [-0.3, -0.25) is 0 Å². The molecule has 0 amide bonds. The highest BCUT2D eigenvalue weighted by Crippen LogP contribution is 2.39. The molecule has 2 aromatic heterocycles. The van der Waals surface area contributed by atoms with Crippen LogP contribution in [0, 0.1) is 26.5 Å². The summed E-state index contributed by atoms with van der Waals surface area (Å²) in [5.41, 5.74) is 1.35. The summed E-state index contributed by atoms with van der Waals surface area (Å²) in [6.07, 6.45) is 2.83. The van der Waals surface area contributed by atoms with E-state index >= 15 is 4.39 Å². The zero-order valence-electron chi connectivity index (χ0n) is 21.6. The maximum Gasteiger partial charge on any atom is 0.261 e. The van der Waals surface area contributed by atoms with Gasteiger partial charge in [-0.05, 0) is 70.1 Å². The zero-order chi connectivity index (χ0) is 24.9. The van der Waals surface area contributed by atoms with Gasteiger partial charge in [-0.25, -0.2) is 9.37 Å². The molecular weight excluding hydrogens is 409 g/mol. The smallest absolute Gasteiger partial charge is 0.261 e. The van der Waals surface area contributed by atoms with Crippen LogP contribution in [0.15, 0.2) is 16.7 Å². The number of hydrogen-bond donors (Lipinski definition) is 1. The predicted octanol–water partition coefficient (Wildman–Crippen LogP) is 4.08. The van der Waals surface area contributed by atoms with Gasteiger partial charge in [0.25, 0.3) is 5.89 Å². The number of hydrogen-bond acceptors (Lipinski definition) is 7. The third-order valence-electron chi connectivity index (χ3n) is 6.57. The second kappa shape index (κ2) is 8.41. The number of fused-ring (bicyclic) bond motifs is 1. The number of ether oxygens (including phenoxy) is 1. The summed E-state index contributed by atoms with van der Waals surface area (Å²) in [5.74, 6) is 0.688. The average Bonchev–Trinajstić information content (AvgIpc) is 3.45.